The van der Waals surface area contributed by atoms with Gasteiger partial charge in [-0.1, -0.05) is 43.0 Å². The highest BCUT2D eigenvalue weighted by Crippen LogP contribution is 2.23. The molecule has 19 heavy (non-hydrogen) atoms. The van der Waals surface area contributed by atoms with Crippen molar-refractivity contribution in [2.24, 2.45) is 0 Å². The van der Waals surface area contributed by atoms with E-state index >= 15 is 0 Å². The highest BCUT2D eigenvalue weighted by Gasteiger charge is 2.04. The van der Waals surface area contributed by atoms with Gasteiger partial charge in [-0.25, -0.2) is 0 Å². The van der Waals surface area contributed by atoms with Crippen LogP contribution in [0.15, 0.2) is 55.1 Å². The minimum atomic E-state index is 0.0709. The first kappa shape index (κ1) is 13.1. The van der Waals surface area contributed by atoms with Gasteiger partial charge in [0.1, 0.15) is 5.75 Å². The third-order valence-corrected chi connectivity index (χ3v) is 3.08. The summed E-state index contributed by atoms with van der Waals surface area (Å²) in [5, 5.41) is 0. The minimum Gasteiger partial charge on any atom is -0.497 e. The van der Waals surface area contributed by atoms with Crippen LogP contribution in [0, 0.1) is 0 Å². The number of carbonyl (C=O) groups is 1. The van der Waals surface area contributed by atoms with E-state index in [2.05, 4.69) is 6.58 Å². The van der Waals surface area contributed by atoms with Crippen LogP contribution in [0.25, 0.3) is 5.57 Å². The molecule has 0 heterocycles. The lowest BCUT2D eigenvalue weighted by Gasteiger charge is -2.08. The van der Waals surface area contributed by atoms with Gasteiger partial charge in [-0.05, 0) is 35.8 Å². The van der Waals surface area contributed by atoms with Crippen molar-refractivity contribution < 1.29 is 9.53 Å². The molecular formula is C17H16O2. The lowest BCUT2D eigenvalue weighted by atomic mass is 9.98. The second-order valence-electron chi connectivity index (χ2n) is 4.34. The van der Waals surface area contributed by atoms with Crippen LogP contribution in [0.4, 0.5) is 0 Å². The number of hydrogen-bond acceptors (Lipinski definition) is 2. The van der Waals surface area contributed by atoms with Crippen molar-refractivity contribution in [2.45, 2.75) is 6.92 Å². The average molecular weight is 252 g/mol. The van der Waals surface area contributed by atoms with E-state index in [0.717, 1.165) is 22.4 Å². The fraction of sp³-hybridized carbons (Fsp3) is 0.118. The first-order valence-electron chi connectivity index (χ1n) is 6.06. The van der Waals surface area contributed by atoms with Gasteiger partial charge in [0.25, 0.3) is 0 Å². The Morgan fingerprint density at radius 1 is 0.895 bits per heavy atom. The van der Waals surface area contributed by atoms with E-state index in [0.29, 0.717) is 5.56 Å². The van der Waals surface area contributed by atoms with Gasteiger partial charge in [-0.3, -0.25) is 4.79 Å². The van der Waals surface area contributed by atoms with Crippen LogP contribution in [-0.4, -0.2) is 12.9 Å². The molecule has 2 heteroatoms. The topological polar surface area (TPSA) is 26.3 Å². The Bertz CT molecular complexity index is 592. The molecule has 0 unspecified atom stereocenters. The summed E-state index contributed by atoms with van der Waals surface area (Å²) in [6, 6.07) is 15.3. The van der Waals surface area contributed by atoms with Crippen molar-refractivity contribution in [1.29, 1.82) is 0 Å². The minimum absolute atomic E-state index is 0.0709. The molecule has 2 nitrogen and oxygen atoms in total. The summed E-state index contributed by atoms with van der Waals surface area (Å²) < 4.78 is 5.13. The molecule has 96 valence electrons. The van der Waals surface area contributed by atoms with Crippen molar-refractivity contribution >= 4 is 11.4 Å². The molecule has 0 bridgehead atoms. The number of benzene rings is 2. The number of ether oxygens (including phenoxy) is 1. The lowest BCUT2D eigenvalue weighted by Crippen LogP contribution is -1.93. The van der Waals surface area contributed by atoms with Crippen molar-refractivity contribution in [3.8, 4) is 5.75 Å². The van der Waals surface area contributed by atoms with Crippen LogP contribution < -0.4 is 4.74 Å². The molecule has 0 spiro atoms. The summed E-state index contributed by atoms with van der Waals surface area (Å²) in [5.74, 6) is 0.894. The quantitative estimate of drug-likeness (QED) is 0.770. The predicted octanol–water partition coefficient (Wildman–Crippen LogP) is 3.96. The zero-order valence-electron chi connectivity index (χ0n) is 11.1. The van der Waals surface area contributed by atoms with Crippen LogP contribution in [0.3, 0.4) is 0 Å². The Balaban J connectivity index is 2.25. The number of rotatable bonds is 4. The molecule has 0 aliphatic heterocycles. The number of hydrogen-bond donors (Lipinski definition) is 0. The third kappa shape index (κ3) is 2.91. The van der Waals surface area contributed by atoms with E-state index in [-0.39, 0.29) is 5.78 Å². The summed E-state index contributed by atoms with van der Waals surface area (Å²) in [6.45, 7) is 5.66. The zero-order valence-corrected chi connectivity index (χ0v) is 11.1. The van der Waals surface area contributed by atoms with Gasteiger partial charge >= 0.3 is 0 Å². The molecule has 0 aliphatic rings. The first-order chi connectivity index (χ1) is 9.11. The summed E-state index contributed by atoms with van der Waals surface area (Å²) in [6.07, 6.45) is 0. The second-order valence-corrected chi connectivity index (χ2v) is 4.34. The van der Waals surface area contributed by atoms with Gasteiger partial charge < -0.3 is 4.74 Å². The summed E-state index contributed by atoms with van der Waals surface area (Å²) in [4.78, 5) is 11.2. The van der Waals surface area contributed by atoms with E-state index in [9.17, 15) is 4.79 Å². The maximum absolute atomic E-state index is 11.2. The van der Waals surface area contributed by atoms with Crippen LogP contribution in [0.1, 0.15) is 28.4 Å². The molecule has 2 aromatic carbocycles. The Morgan fingerprint density at radius 3 is 1.74 bits per heavy atom. The number of ketones is 1. The molecule has 2 rings (SSSR count). The average Bonchev–Trinajstić information content (AvgIpc) is 2.46. The predicted molar refractivity (Wildman–Crippen MR) is 77.6 cm³/mol. The van der Waals surface area contributed by atoms with Gasteiger partial charge in [0.15, 0.2) is 5.78 Å². The molecule has 0 saturated carbocycles. The summed E-state index contributed by atoms with van der Waals surface area (Å²) in [7, 11) is 1.64. The smallest absolute Gasteiger partial charge is 0.159 e. The maximum atomic E-state index is 11.2. The van der Waals surface area contributed by atoms with E-state index in [1.807, 2.05) is 48.5 Å². The van der Waals surface area contributed by atoms with Crippen molar-refractivity contribution in [3.63, 3.8) is 0 Å². The Kier molecular flexibility index (Phi) is 3.81. The Labute approximate surface area is 113 Å². The van der Waals surface area contributed by atoms with Crippen molar-refractivity contribution in [3.05, 3.63) is 71.8 Å². The molecule has 0 amide bonds. The molecule has 0 aromatic heterocycles. The van der Waals surface area contributed by atoms with E-state index < -0.39 is 0 Å². The SMILES string of the molecule is C=C(c1ccc(OC)cc1)c1ccc(C(C)=O)cc1. The molecule has 0 aliphatic carbocycles. The molecule has 0 atom stereocenters. The van der Waals surface area contributed by atoms with Gasteiger partial charge in [0.2, 0.25) is 0 Å². The first-order valence-corrected chi connectivity index (χ1v) is 6.06. The molecule has 0 N–H and O–H groups in total. The van der Waals surface area contributed by atoms with Crippen LogP contribution in [0.5, 0.6) is 5.75 Å². The third-order valence-electron chi connectivity index (χ3n) is 3.08. The fourth-order valence-electron chi connectivity index (χ4n) is 1.86. The fourth-order valence-corrected chi connectivity index (χ4v) is 1.86. The highest BCUT2D eigenvalue weighted by atomic mass is 16.5. The van der Waals surface area contributed by atoms with E-state index in [1.54, 1.807) is 14.0 Å². The van der Waals surface area contributed by atoms with Gasteiger partial charge in [-0.2, -0.15) is 0 Å². The van der Waals surface area contributed by atoms with Gasteiger partial charge in [0.05, 0.1) is 7.11 Å². The molecule has 0 saturated heterocycles. The summed E-state index contributed by atoms with van der Waals surface area (Å²) >= 11 is 0. The second kappa shape index (κ2) is 5.53. The number of methoxy groups -OCH3 is 1. The largest absolute Gasteiger partial charge is 0.497 e. The molecule has 2 aromatic rings. The Hall–Kier alpha value is -2.35. The molecule has 0 radical (unpaired) electrons. The van der Waals surface area contributed by atoms with Crippen LogP contribution in [-0.2, 0) is 0 Å². The zero-order chi connectivity index (χ0) is 13.8. The van der Waals surface area contributed by atoms with E-state index in [4.69, 9.17) is 4.74 Å². The maximum Gasteiger partial charge on any atom is 0.159 e. The summed E-state index contributed by atoms with van der Waals surface area (Å²) in [5.41, 5.74) is 3.69. The normalized spacial score (nSPS) is 10.0. The lowest BCUT2D eigenvalue weighted by molar-refractivity contribution is 0.101. The number of Topliss-reactive ketones (excluding diaryl/α,β-unsaturated/α-hetero) is 1. The van der Waals surface area contributed by atoms with Gasteiger partial charge in [-0.15, -0.1) is 0 Å². The Morgan fingerprint density at radius 2 is 1.32 bits per heavy atom. The monoisotopic (exact) mass is 252 g/mol. The van der Waals surface area contributed by atoms with Crippen molar-refractivity contribution in [1.82, 2.24) is 0 Å². The van der Waals surface area contributed by atoms with E-state index in [1.165, 1.54) is 0 Å². The standard InChI is InChI=1S/C17H16O2/c1-12(15-8-10-17(19-3)11-9-15)14-4-6-16(7-5-14)13(2)18/h4-11H,1H2,2-3H3. The highest BCUT2D eigenvalue weighted by molar-refractivity contribution is 5.94. The van der Waals surface area contributed by atoms with Gasteiger partial charge in [0, 0.05) is 5.56 Å². The molecular weight excluding hydrogens is 236 g/mol. The number of carbonyl (C=O) groups excluding carboxylic acids is 1. The van der Waals surface area contributed by atoms with Crippen LogP contribution >= 0.6 is 0 Å². The molecule has 0 fully saturated rings. The van der Waals surface area contributed by atoms with Crippen LogP contribution in [0.2, 0.25) is 0 Å². The van der Waals surface area contributed by atoms with Crippen molar-refractivity contribution in [2.75, 3.05) is 7.11 Å².